The minimum atomic E-state index is -0.315. The molecule has 0 bridgehead atoms. The fourth-order valence-electron chi connectivity index (χ4n) is 2.16. The Hall–Kier alpha value is -2.62. The highest BCUT2D eigenvalue weighted by Gasteiger charge is 2.11. The van der Waals surface area contributed by atoms with Crippen LogP contribution < -0.4 is 5.73 Å². The van der Waals surface area contributed by atoms with Crippen molar-refractivity contribution >= 4 is 17.0 Å². The Bertz CT molecular complexity index is 748. The highest BCUT2D eigenvalue weighted by atomic mass is 16.3. The number of fused-ring (bicyclic) bond motifs is 1. The number of carbonyl (C=O) groups is 1. The van der Waals surface area contributed by atoms with Gasteiger partial charge in [0, 0.05) is 12.0 Å². The lowest BCUT2D eigenvalue weighted by molar-refractivity contribution is -0.117. The van der Waals surface area contributed by atoms with Crippen LogP contribution in [0.15, 0.2) is 52.9 Å². The van der Waals surface area contributed by atoms with Gasteiger partial charge in [-0.2, -0.15) is 0 Å². The number of aryl methyl sites for hydroxylation is 1. The maximum atomic E-state index is 10.9. The van der Waals surface area contributed by atoms with E-state index in [0.717, 1.165) is 22.2 Å². The third-order valence-corrected chi connectivity index (χ3v) is 3.16. The predicted octanol–water partition coefficient (Wildman–Crippen LogP) is 2.91. The molecule has 0 saturated heterocycles. The van der Waals surface area contributed by atoms with E-state index < -0.39 is 0 Å². The molecule has 100 valence electrons. The Balaban J connectivity index is 2.02. The zero-order chi connectivity index (χ0) is 13.9. The lowest BCUT2D eigenvalue weighted by Gasteiger charge is -1.99. The summed E-state index contributed by atoms with van der Waals surface area (Å²) in [7, 11) is 0. The minimum Gasteiger partial charge on any atom is -0.436 e. The molecule has 0 saturated carbocycles. The number of carbonyl (C=O) groups excluding carboxylic acids is 1. The number of amides is 1. The largest absolute Gasteiger partial charge is 0.436 e. The first-order valence-electron chi connectivity index (χ1n) is 6.46. The van der Waals surface area contributed by atoms with Crippen molar-refractivity contribution < 1.29 is 9.21 Å². The van der Waals surface area contributed by atoms with E-state index in [1.807, 2.05) is 48.5 Å². The molecule has 4 nitrogen and oxygen atoms in total. The summed E-state index contributed by atoms with van der Waals surface area (Å²) in [5.74, 6) is 0.275. The van der Waals surface area contributed by atoms with E-state index in [9.17, 15) is 4.79 Å². The minimum absolute atomic E-state index is 0.306. The zero-order valence-corrected chi connectivity index (χ0v) is 10.9. The first-order chi connectivity index (χ1) is 9.74. The third kappa shape index (κ3) is 2.40. The average Bonchev–Trinajstić information content (AvgIpc) is 2.90. The molecule has 0 aliphatic rings. The number of rotatable bonds is 4. The highest BCUT2D eigenvalue weighted by Crippen LogP contribution is 2.26. The van der Waals surface area contributed by atoms with Gasteiger partial charge in [0.2, 0.25) is 11.8 Å². The Kier molecular flexibility index (Phi) is 3.21. The molecule has 1 amide bonds. The standard InChI is InChI=1S/C16H14N2O2/c17-14(19)10-9-11-7-4-8-13-15(11)20-16(18-13)12-5-2-1-3-6-12/h1-8H,9-10H2,(H2,17,19). The van der Waals surface area contributed by atoms with Crippen LogP contribution in [-0.2, 0) is 11.2 Å². The highest BCUT2D eigenvalue weighted by molar-refractivity contribution is 5.80. The van der Waals surface area contributed by atoms with Gasteiger partial charge in [-0.15, -0.1) is 0 Å². The molecule has 2 N–H and O–H groups in total. The van der Waals surface area contributed by atoms with Gasteiger partial charge in [0.15, 0.2) is 5.58 Å². The number of nitrogens with zero attached hydrogens (tertiary/aromatic N) is 1. The van der Waals surface area contributed by atoms with Crippen molar-refractivity contribution in [2.24, 2.45) is 5.73 Å². The molecule has 20 heavy (non-hydrogen) atoms. The lowest BCUT2D eigenvalue weighted by atomic mass is 10.1. The molecule has 0 atom stereocenters. The van der Waals surface area contributed by atoms with Crippen LogP contribution in [0.2, 0.25) is 0 Å². The summed E-state index contributed by atoms with van der Waals surface area (Å²) < 4.78 is 5.85. The fourth-order valence-corrected chi connectivity index (χ4v) is 2.16. The first kappa shape index (κ1) is 12.4. The Labute approximate surface area is 116 Å². The monoisotopic (exact) mass is 266 g/mol. The van der Waals surface area contributed by atoms with E-state index in [0.29, 0.717) is 18.7 Å². The van der Waals surface area contributed by atoms with E-state index in [4.69, 9.17) is 10.2 Å². The van der Waals surface area contributed by atoms with Crippen LogP contribution in [0.3, 0.4) is 0 Å². The molecule has 3 aromatic rings. The zero-order valence-electron chi connectivity index (χ0n) is 10.9. The molecule has 3 rings (SSSR count). The molecule has 1 aromatic heterocycles. The number of hydrogen-bond acceptors (Lipinski definition) is 3. The number of primary amides is 1. The van der Waals surface area contributed by atoms with Crippen molar-refractivity contribution in [3.8, 4) is 11.5 Å². The van der Waals surface area contributed by atoms with E-state index in [1.165, 1.54) is 0 Å². The van der Waals surface area contributed by atoms with Crippen LogP contribution in [-0.4, -0.2) is 10.9 Å². The number of hydrogen-bond donors (Lipinski definition) is 1. The van der Waals surface area contributed by atoms with Gasteiger partial charge in [-0.05, 0) is 30.2 Å². The summed E-state index contributed by atoms with van der Waals surface area (Å²) in [6, 6.07) is 15.5. The van der Waals surface area contributed by atoms with Gasteiger partial charge in [0.05, 0.1) is 0 Å². The van der Waals surface area contributed by atoms with Gasteiger partial charge in [-0.1, -0.05) is 30.3 Å². The van der Waals surface area contributed by atoms with Gasteiger partial charge >= 0.3 is 0 Å². The second-order valence-electron chi connectivity index (χ2n) is 4.62. The number of benzene rings is 2. The SMILES string of the molecule is NC(=O)CCc1cccc2nc(-c3ccccc3)oc12. The Morgan fingerprint density at radius 2 is 1.90 bits per heavy atom. The normalized spacial score (nSPS) is 10.8. The van der Waals surface area contributed by atoms with Crippen LogP contribution in [0.4, 0.5) is 0 Å². The molecule has 0 radical (unpaired) electrons. The van der Waals surface area contributed by atoms with Crippen molar-refractivity contribution in [2.45, 2.75) is 12.8 Å². The van der Waals surface area contributed by atoms with Gasteiger partial charge in [-0.3, -0.25) is 4.79 Å². The van der Waals surface area contributed by atoms with E-state index in [2.05, 4.69) is 4.98 Å². The summed E-state index contributed by atoms with van der Waals surface area (Å²) in [6.07, 6.45) is 0.872. The molecular weight excluding hydrogens is 252 g/mol. The lowest BCUT2D eigenvalue weighted by Crippen LogP contribution is -2.11. The molecule has 0 unspecified atom stereocenters. The van der Waals surface area contributed by atoms with Crippen molar-refractivity contribution in [3.05, 3.63) is 54.1 Å². The topological polar surface area (TPSA) is 69.1 Å². The number of oxazole rings is 1. The quantitative estimate of drug-likeness (QED) is 0.789. The van der Waals surface area contributed by atoms with E-state index in [-0.39, 0.29) is 5.91 Å². The Morgan fingerprint density at radius 1 is 1.10 bits per heavy atom. The second kappa shape index (κ2) is 5.17. The number of aromatic nitrogens is 1. The van der Waals surface area contributed by atoms with E-state index in [1.54, 1.807) is 0 Å². The predicted molar refractivity (Wildman–Crippen MR) is 77.0 cm³/mol. The molecule has 0 aliphatic carbocycles. The molecule has 0 fully saturated rings. The van der Waals surface area contributed by atoms with Gasteiger partial charge in [-0.25, -0.2) is 4.98 Å². The van der Waals surface area contributed by atoms with Gasteiger partial charge in [0.25, 0.3) is 0 Å². The van der Waals surface area contributed by atoms with Crippen LogP contribution in [0.25, 0.3) is 22.6 Å². The molecule has 1 heterocycles. The third-order valence-electron chi connectivity index (χ3n) is 3.16. The average molecular weight is 266 g/mol. The van der Waals surface area contributed by atoms with Crippen molar-refractivity contribution in [3.63, 3.8) is 0 Å². The molecule has 0 aliphatic heterocycles. The maximum Gasteiger partial charge on any atom is 0.227 e. The van der Waals surface area contributed by atoms with Crippen molar-refractivity contribution in [1.82, 2.24) is 4.98 Å². The summed E-state index contributed by atoms with van der Waals surface area (Å²) in [4.78, 5) is 15.4. The van der Waals surface area contributed by atoms with Crippen LogP contribution >= 0.6 is 0 Å². The summed E-state index contributed by atoms with van der Waals surface area (Å²) in [6.45, 7) is 0. The van der Waals surface area contributed by atoms with Crippen LogP contribution in [0.1, 0.15) is 12.0 Å². The molecule has 2 aromatic carbocycles. The number of para-hydroxylation sites is 1. The first-order valence-corrected chi connectivity index (χ1v) is 6.46. The number of nitrogens with two attached hydrogens (primary N) is 1. The van der Waals surface area contributed by atoms with Crippen LogP contribution in [0.5, 0.6) is 0 Å². The fraction of sp³-hybridized carbons (Fsp3) is 0.125. The second-order valence-corrected chi connectivity index (χ2v) is 4.62. The van der Waals surface area contributed by atoms with Crippen molar-refractivity contribution in [2.75, 3.05) is 0 Å². The Morgan fingerprint density at radius 3 is 2.65 bits per heavy atom. The molecular formula is C16H14N2O2. The van der Waals surface area contributed by atoms with E-state index >= 15 is 0 Å². The smallest absolute Gasteiger partial charge is 0.227 e. The van der Waals surface area contributed by atoms with Crippen molar-refractivity contribution in [1.29, 1.82) is 0 Å². The van der Waals surface area contributed by atoms with Gasteiger partial charge < -0.3 is 10.2 Å². The summed E-state index contributed by atoms with van der Waals surface area (Å²) >= 11 is 0. The molecule has 0 spiro atoms. The maximum absolute atomic E-state index is 10.9. The summed E-state index contributed by atoms with van der Waals surface area (Å²) in [5, 5.41) is 0. The summed E-state index contributed by atoms with van der Waals surface area (Å²) in [5.41, 5.74) is 8.61. The van der Waals surface area contributed by atoms with Crippen LogP contribution in [0, 0.1) is 0 Å². The molecule has 4 heteroatoms. The van der Waals surface area contributed by atoms with Gasteiger partial charge in [0.1, 0.15) is 5.52 Å².